The molecule has 0 fully saturated rings. The molecule has 0 atom stereocenters. The third-order valence-corrected chi connectivity index (χ3v) is 18.1. The first-order chi connectivity index (χ1) is 38.9. The van der Waals surface area contributed by atoms with Crippen LogP contribution in [0.4, 0.5) is 17.1 Å². The molecule has 12 aromatic carbocycles. The highest BCUT2D eigenvalue weighted by molar-refractivity contribution is 7.26. The van der Waals surface area contributed by atoms with Crippen molar-refractivity contribution in [3.63, 3.8) is 0 Å². The molecule has 15 aromatic rings. The number of fused-ring (bicyclic) bond motifs is 12. The van der Waals surface area contributed by atoms with Gasteiger partial charge in [-0.2, -0.15) is 0 Å². The van der Waals surface area contributed by atoms with Crippen LogP contribution in [0.5, 0.6) is 0 Å². The van der Waals surface area contributed by atoms with Gasteiger partial charge in [0, 0.05) is 69.8 Å². The summed E-state index contributed by atoms with van der Waals surface area (Å²) in [6.45, 7) is 4.78. The Bertz CT molecular complexity index is 4920. The summed E-state index contributed by atoms with van der Waals surface area (Å²) in [5.41, 5.74) is 23.3. The van der Waals surface area contributed by atoms with Crippen molar-refractivity contribution in [3.8, 4) is 61.3 Å². The summed E-state index contributed by atoms with van der Waals surface area (Å²) in [7, 11) is 0. The quantitative estimate of drug-likeness (QED) is 0.151. The van der Waals surface area contributed by atoms with Crippen molar-refractivity contribution < 1.29 is 4.42 Å². The zero-order valence-electron chi connectivity index (χ0n) is 43.6. The topological polar surface area (TPSA) is 21.3 Å². The largest absolute Gasteiger partial charge is 0.456 e. The first-order valence-corrected chi connectivity index (χ1v) is 28.0. The fraction of sp³-hybridized carbons (Fsp3) is 0.0400. The minimum atomic E-state index is -0.215. The Morgan fingerprint density at radius 2 is 0.937 bits per heavy atom. The highest BCUT2D eigenvalue weighted by Crippen LogP contribution is 2.53. The summed E-state index contributed by atoms with van der Waals surface area (Å²) in [6, 6.07) is 98.1. The molecule has 0 amide bonds. The second kappa shape index (κ2) is 17.7. The molecule has 79 heavy (non-hydrogen) atoms. The minimum absolute atomic E-state index is 0.215. The van der Waals surface area contributed by atoms with Crippen molar-refractivity contribution in [2.45, 2.75) is 19.3 Å². The maximum Gasteiger partial charge on any atom is 0.136 e. The maximum atomic E-state index is 6.34. The van der Waals surface area contributed by atoms with Crippen molar-refractivity contribution in [2.24, 2.45) is 0 Å². The van der Waals surface area contributed by atoms with Crippen molar-refractivity contribution in [1.82, 2.24) is 4.57 Å². The number of rotatable bonds is 8. The van der Waals surface area contributed by atoms with Crippen LogP contribution >= 0.6 is 11.3 Å². The number of nitrogens with zero attached hydrogens (tertiary/aromatic N) is 2. The average Bonchev–Trinajstić information content (AvgIpc) is 4.45. The van der Waals surface area contributed by atoms with Gasteiger partial charge in [-0.1, -0.05) is 196 Å². The Morgan fingerprint density at radius 3 is 1.76 bits per heavy atom. The molecule has 0 spiro atoms. The number of thiophene rings is 1. The summed E-state index contributed by atoms with van der Waals surface area (Å²) in [5, 5.41) is 7.42. The van der Waals surface area contributed by atoms with Gasteiger partial charge in [0.25, 0.3) is 0 Å². The van der Waals surface area contributed by atoms with Crippen LogP contribution in [-0.2, 0) is 5.41 Å². The summed E-state index contributed by atoms with van der Waals surface area (Å²) in [6.07, 6.45) is 0. The zero-order valence-corrected chi connectivity index (χ0v) is 44.4. The van der Waals surface area contributed by atoms with E-state index in [4.69, 9.17) is 4.42 Å². The average molecular weight is 1030 g/mol. The summed E-state index contributed by atoms with van der Waals surface area (Å²) < 4.78 is 11.4. The number of furan rings is 1. The normalized spacial score (nSPS) is 12.8. The molecular formula is C75H50N2OS. The van der Waals surface area contributed by atoms with Crippen molar-refractivity contribution in [1.29, 1.82) is 0 Å². The summed E-state index contributed by atoms with van der Waals surface area (Å²) in [4.78, 5) is 2.43. The molecule has 16 rings (SSSR count). The number of anilines is 3. The summed E-state index contributed by atoms with van der Waals surface area (Å²) >= 11 is 1.87. The van der Waals surface area contributed by atoms with E-state index < -0.39 is 0 Å². The van der Waals surface area contributed by atoms with Gasteiger partial charge in [-0.3, -0.25) is 0 Å². The molecule has 4 heteroatoms. The maximum absolute atomic E-state index is 6.34. The lowest BCUT2D eigenvalue weighted by molar-refractivity contribution is 0.660. The molecule has 0 N–H and O–H groups in total. The Balaban J connectivity index is 0.816. The van der Waals surface area contributed by atoms with Crippen LogP contribution < -0.4 is 4.90 Å². The van der Waals surface area contributed by atoms with Crippen LogP contribution in [-0.4, -0.2) is 4.57 Å². The number of aromatic nitrogens is 1. The van der Waals surface area contributed by atoms with E-state index in [-0.39, 0.29) is 5.41 Å². The van der Waals surface area contributed by atoms with Crippen LogP contribution in [0, 0.1) is 0 Å². The molecule has 1 aliphatic rings. The molecule has 372 valence electrons. The van der Waals surface area contributed by atoms with E-state index in [1.165, 1.54) is 92.0 Å². The highest BCUT2D eigenvalue weighted by Gasteiger charge is 2.36. The summed E-state index contributed by atoms with van der Waals surface area (Å²) in [5.74, 6) is 0. The van der Waals surface area contributed by atoms with Crippen LogP contribution in [0.3, 0.4) is 0 Å². The minimum Gasteiger partial charge on any atom is -0.456 e. The number of benzene rings is 12. The number of hydrogen-bond donors (Lipinski definition) is 0. The van der Waals surface area contributed by atoms with Crippen molar-refractivity contribution in [2.75, 3.05) is 4.90 Å². The standard InChI is InChI=1S/C75H50N2OS/c1-75(2)64-44-38-49(45-63(64)58-43-37-50(46-65(58)75)56-23-15-29-68-72(56)61-21-7-11-28-67(61)77(68)51-17-4-3-5-18-51)54-19-6-10-27-66(54)76(52-39-33-47(34-40-52)55-24-16-31-70-73(55)62-22-8-12-30-69(62)78-70)53-41-35-48(36-42-53)57-25-14-26-60-59-20-9-13-32-71(59)79-74(57)60/h3-46H,1-2H3. The van der Waals surface area contributed by atoms with Crippen molar-refractivity contribution in [3.05, 3.63) is 278 Å². The SMILES string of the molecule is CC1(C)c2ccc(-c3ccccc3N(c3ccc(-c4cccc5c4sc4ccccc45)cc3)c3ccc(-c4cccc5oc6ccccc6c45)cc3)cc2-c2ccc(-c3cccc4c3c3ccccc3n4-c3ccccc3)cc21. The van der Waals surface area contributed by atoms with E-state index in [0.717, 1.165) is 61.4 Å². The Labute approximate surface area is 462 Å². The molecule has 0 unspecified atom stereocenters. The monoisotopic (exact) mass is 1030 g/mol. The van der Waals surface area contributed by atoms with Gasteiger partial charge in [0.05, 0.1) is 16.7 Å². The van der Waals surface area contributed by atoms with Crippen LogP contribution in [0.15, 0.2) is 271 Å². The van der Waals surface area contributed by atoms with E-state index in [2.05, 4.69) is 284 Å². The van der Waals surface area contributed by atoms with Gasteiger partial charge in [-0.25, -0.2) is 0 Å². The van der Waals surface area contributed by atoms with Gasteiger partial charge in [0.2, 0.25) is 0 Å². The van der Waals surface area contributed by atoms with Gasteiger partial charge >= 0.3 is 0 Å². The van der Waals surface area contributed by atoms with Gasteiger partial charge in [0.15, 0.2) is 0 Å². The predicted octanol–water partition coefficient (Wildman–Crippen LogP) is 21.5. The molecule has 1 aliphatic carbocycles. The molecule has 0 bridgehead atoms. The van der Waals surface area contributed by atoms with Crippen LogP contribution in [0.1, 0.15) is 25.0 Å². The predicted molar refractivity (Wildman–Crippen MR) is 335 cm³/mol. The lowest BCUT2D eigenvalue weighted by Crippen LogP contribution is -2.15. The molecule has 3 nitrogen and oxygen atoms in total. The van der Waals surface area contributed by atoms with E-state index in [9.17, 15) is 0 Å². The van der Waals surface area contributed by atoms with Gasteiger partial charge < -0.3 is 13.9 Å². The van der Waals surface area contributed by atoms with E-state index in [1.807, 2.05) is 17.4 Å². The Kier molecular flexibility index (Phi) is 10.2. The van der Waals surface area contributed by atoms with Crippen LogP contribution in [0.25, 0.3) is 125 Å². The molecule has 0 saturated heterocycles. The van der Waals surface area contributed by atoms with Gasteiger partial charge in [0.1, 0.15) is 11.2 Å². The fourth-order valence-corrected chi connectivity index (χ4v) is 14.4. The Morgan fingerprint density at radius 1 is 0.367 bits per heavy atom. The molecule has 0 radical (unpaired) electrons. The highest BCUT2D eigenvalue weighted by atomic mass is 32.1. The second-order valence-electron chi connectivity index (χ2n) is 21.5. The molecule has 3 heterocycles. The Hall–Kier alpha value is -9.74. The van der Waals surface area contributed by atoms with E-state index in [1.54, 1.807) is 0 Å². The number of para-hydroxylation sites is 4. The zero-order chi connectivity index (χ0) is 52.3. The molecule has 3 aromatic heterocycles. The fourth-order valence-electron chi connectivity index (χ4n) is 13.1. The molecule has 0 aliphatic heterocycles. The van der Waals surface area contributed by atoms with Crippen LogP contribution in [0.2, 0.25) is 0 Å². The second-order valence-corrected chi connectivity index (χ2v) is 22.6. The molecular weight excluding hydrogens is 977 g/mol. The lowest BCUT2D eigenvalue weighted by atomic mass is 9.81. The first-order valence-electron chi connectivity index (χ1n) is 27.2. The molecule has 0 saturated carbocycles. The first kappa shape index (κ1) is 45.5. The number of hydrogen-bond acceptors (Lipinski definition) is 3. The van der Waals surface area contributed by atoms with Gasteiger partial charge in [-0.15, -0.1) is 11.3 Å². The third kappa shape index (κ3) is 7.04. The smallest absolute Gasteiger partial charge is 0.136 e. The van der Waals surface area contributed by atoms with Gasteiger partial charge in [-0.05, 0) is 146 Å². The van der Waals surface area contributed by atoms with Crippen molar-refractivity contribution >= 4 is 92.3 Å². The lowest BCUT2D eigenvalue weighted by Gasteiger charge is -2.28. The van der Waals surface area contributed by atoms with E-state index in [0.29, 0.717) is 0 Å². The van der Waals surface area contributed by atoms with E-state index >= 15 is 0 Å². The third-order valence-electron chi connectivity index (χ3n) is 16.8.